The topological polar surface area (TPSA) is 56.7 Å². The number of hydrogen-bond acceptors (Lipinski definition) is 2. The molecule has 5 nitrogen and oxygen atoms in total. The number of carbonyl (C=O) groups is 1. The Morgan fingerprint density at radius 2 is 2.14 bits per heavy atom. The first kappa shape index (κ1) is 16.8. The van der Waals surface area contributed by atoms with Crippen molar-refractivity contribution in [3.8, 4) is 0 Å². The standard InChI is InChI=1S/C16H23BrN4O/c1-3-18-16(19-10-12-4-6-13(17)7-5-12)20-14-8-9-15(22)21(2)11-14/h4-7,14H,3,8-11H2,1-2H3,(H2,18,19,20). The van der Waals surface area contributed by atoms with Crippen LogP contribution in [0.3, 0.4) is 0 Å². The molecule has 0 aliphatic carbocycles. The summed E-state index contributed by atoms with van der Waals surface area (Å²) in [5.74, 6) is 1.02. The number of amides is 1. The van der Waals surface area contributed by atoms with E-state index in [0.717, 1.165) is 35.5 Å². The van der Waals surface area contributed by atoms with Crippen molar-refractivity contribution in [3.05, 3.63) is 34.3 Å². The molecule has 1 aromatic rings. The summed E-state index contributed by atoms with van der Waals surface area (Å²) >= 11 is 3.43. The minimum atomic E-state index is 0.217. The van der Waals surface area contributed by atoms with Crippen LogP contribution in [0.1, 0.15) is 25.3 Å². The number of aliphatic imine (C=N–C) groups is 1. The maximum absolute atomic E-state index is 11.5. The molecule has 6 heteroatoms. The monoisotopic (exact) mass is 366 g/mol. The number of nitrogens with one attached hydrogen (secondary N) is 2. The number of benzene rings is 1. The van der Waals surface area contributed by atoms with E-state index >= 15 is 0 Å². The van der Waals surface area contributed by atoms with Crippen LogP contribution in [-0.4, -0.2) is 42.9 Å². The third kappa shape index (κ3) is 5.02. The molecule has 0 bridgehead atoms. The van der Waals surface area contributed by atoms with Gasteiger partial charge in [0, 0.05) is 37.1 Å². The van der Waals surface area contributed by atoms with E-state index in [1.807, 2.05) is 26.1 Å². The second kappa shape index (κ2) is 8.17. The predicted molar refractivity (Wildman–Crippen MR) is 92.8 cm³/mol. The van der Waals surface area contributed by atoms with Crippen LogP contribution in [0.4, 0.5) is 0 Å². The highest BCUT2D eigenvalue weighted by atomic mass is 79.9. The number of halogens is 1. The molecular weight excluding hydrogens is 344 g/mol. The molecule has 0 radical (unpaired) electrons. The van der Waals surface area contributed by atoms with Crippen LogP contribution in [-0.2, 0) is 11.3 Å². The number of nitrogens with zero attached hydrogens (tertiary/aromatic N) is 2. The fourth-order valence-corrected chi connectivity index (χ4v) is 2.67. The fraction of sp³-hybridized carbons (Fsp3) is 0.500. The predicted octanol–water partition coefficient (Wildman–Crippen LogP) is 2.12. The second-order valence-electron chi connectivity index (χ2n) is 5.48. The summed E-state index contributed by atoms with van der Waals surface area (Å²) < 4.78 is 1.07. The summed E-state index contributed by atoms with van der Waals surface area (Å²) in [4.78, 5) is 17.9. The van der Waals surface area contributed by atoms with Crippen molar-refractivity contribution in [2.24, 2.45) is 4.99 Å². The summed E-state index contributed by atoms with van der Waals surface area (Å²) in [5.41, 5.74) is 1.16. The smallest absolute Gasteiger partial charge is 0.222 e. The summed E-state index contributed by atoms with van der Waals surface area (Å²) in [6, 6.07) is 8.42. The summed E-state index contributed by atoms with van der Waals surface area (Å²) in [6.07, 6.45) is 1.45. The average Bonchev–Trinajstić information content (AvgIpc) is 2.50. The van der Waals surface area contributed by atoms with Crippen LogP contribution in [0, 0.1) is 0 Å². The number of piperidine rings is 1. The Hall–Kier alpha value is -1.56. The maximum atomic E-state index is 11.5. The van der Waals surface area contributed by atoms with Gasteiger partial charge < -0.3 is 15.5 Å². The van der Waals surface area contributed by atoms with E-state index in [9.17, 15) is 4.79 Å². The van der Waals surface area contributed by atoms with Crippen molar-refractivity contribution < 1.29 is 4.79 Å². The minimum Gasteiger partial charge on any atom is -0.357 e. The molecule has 1 aliphatic heterocycles. The molecule has 1 atom stereocenters. The van der Waals surface area contributed by atoms with Gasteiger partial charge in [0.25, 0.3) is 0 Å². The first-order valence-corrected chi connectivity index (χ1v) is 8.41. The minimum absolute atomic E-state index is 0.217. The average molecular weight is 367 g/mol. The third-order valence-corrected chi connectivity index (χ3v) is 4.17. The Morgan fingerprint density at radius 1 is 1.41 bits per heavy atom. The molecule has 2 N–H and O–H groups in total. The van der Waals surface area contributed by atoms with Gasteiger partial charge in [-0.2, -0.15) is 0 Å². The van der Waals surface area contributed by atoms with Gasteiger partial charge in [-0.05, 0) is 31.0 Å². The van der Waals surface area contributed by atoms with Crippen LogP contribution < -0.4 is 10.6 Å². The first-order valence-electron chi connectivity index (χ1n) is 7.61. The van der Waals surface area contributed by atoms with Gasteiger partial charge in [0.15, 0.2) is 5.96 Å². The van der Waals surface area contributed by atoms with Crippen molar-refractivity contribution in [1.29, 1.82) is 0 Å². The van der Waals surface area contributed by atoms with Crippen LogP contribution in [0.5, 0.6) is 0 Å². The van der Waals surface area contributed by atoms with Crippen molar-refractivity contribution in [3.63, 3.8) is 0 Å². The highest BCUT2D eigenvalue weighted by molar-refractivity contribution is 9.10. The van der Waals surface area contributed by atoms with Gasteiger partial charge in [-0.15, -0.1) is 0 Å². The molecule has 0 aromatic heterocycles. The van der Waals surface area contributed by atoms with Gasteiger partial charge in [0.05, 0.1) is 6.54 Å². The summed E-state index contributed by atoms with van der Waals surface area (Å²) in [5, 5.41) is 6.69. The lowest BCUT2D eigenvalue weighted by Crippen LogP contribution is -2.51. The molecule has 0 saturated carbocycles. The number of carbonyl (C=O) groups excluding carboxylic acids is 1. The van der Waals surface area contributed by atoms with E-state index in [1.54, 1.807) is 4.90 Å². The van der Waals surface area contributed by atoms with Crippen molar-refractivity contribution in [2.75, 3.05) is 20.1 Å². The van der Waals surface area contributed by atoms with E-state index in [-0.39, 0.29) is 11.9 Å². The highest BCUT2D eigenvalue weighted by Gasteiger charge is 2.23. The van der Waals surface area contributed by atoms with Gasteiger partial charge in [0.1, 0.15) is 0 Å². The highest BCUT2D eigenvalue weighted by Crippen LogP contribution is 2.12. The van der Waals surface area contributed by atoms with Gasteiger partial charge in [0.2, 0.25) is 5.91 Å². The Morgan fingerprint density at radius 3 is 2.77 bits per heavy atom. The second-order valence-corrected chi connectivity index (χ2v) is 6.39. The van der Waals surface area contributed by atoms with Gasteiger partial charge in [-0.25, -0.2) is 4.99 Å². The SMILES string of the molecule is CCNC(=NCc1ccc(Br)cc1)NC1CCC(=O)N(C)C1. The van der Waals surface area contributed by atoms with Crippen LogP contribution in [0.25, 0.3) is 0 Å². The summed E-state index contributed by atoms with van der Waals surface area (Å²) in [7, 11) is 1.85. The number of hydrogen-bond donors (Lipinski definition) is 2. The third-order valence-electron chi connectivity index (χ3n) is 3.64. The lowest BCUT2D eigenvalue weighted by molar-refractivity contribution is -0.132. The molecule has 120 valence electrons. The lowest BCUT2D eigenvalue weighted by atomic mass is 10.1. The first-order chi connectivity index (χ1) is 10.6. The normalized spacial score (nSPS) is 19.2. The van der Waals surface area contributed by atoms with E-state index < -0.39 is 0 Å². The van der Waals surface area contributed by atoms with Gasteiger partial charge in [-0.3, -0.25) is 4.79 Å². The molecule has 22 heavy (non-hydrogen) atoms. The van der Waals surface area contributed by atoms with Crippen LogP contribution in [0.2, 0.25) is 0 Å². The number of likely N-dealkylation sites (tertiary alicyclic amines) is 1. The van der Waals surface area contributed by atoms with E-state index in [2.05, 4.69) is 43.7 Å². The van der Waals surface area contributed by atoms with Crippen LogP contribution >= 0.6 is 15.9 Å². The molecule has 1 aromatic carbocycles. The number of likely N-dealkylation sites (N-methyl/N-ethyl adjacent to an activating group) is 1. The van der Waals surface area contributed by atoms with Gasteiger partial charge in [-0.1, -0.05) is 28.1 Å². The quantitative estimate of drug-likeness (QED) is 0.633. The number of rotatable bonds is 4. The van der Waals surface area contributed by atoms with E-state index in [1.165, 1.54) is 0 Å². The van der Waals surface area contributed by atoms with Crippen molar-refractivity contribution >= 4 is 27.8 Å². The zero-order valence-corrected chi connectivity index (χ0v) is 14.7. The molecule has 1 saturated heterocycles. The van der Waals surface area contributed by atoms with Crippen molar-refractivity contribution in [2.45, 2.75) is 32.4 Å². The zero-order valence-electron chi connectivity index (χ0n) is 13.1. The molecule has 0 spiro atoms. The van der Waals surface area contributed by atoms with E-state index in [0.29, 0.717) is 13.0 Å². The maximum Gasteiger partial charge on any atom is 0.222 e. The number of guanidine groups is 1. The summed E-state index contributed by atoms with van der Waals surface area (Å²) in [6.45, 7) is 4.21. The Kier molecular flexibility index (Phi) is 6.24. The molecule has 1 aliphatic rings. The fourth-order valence-electron chi connectivity index (χ4n) is 2.40. The molecule has 1 heterocycles. The Bertz CT molecular complexity index is 529. The van der Waals surface area contributed by atoms with Crippen LogP contribution in [0.15, 0.2) is 33.7 Å². The van der Waals surface area contributed by atoms with Crippen molar-refractivity contribution in [1.82, 2.24) is 15.5 Å². The molecule has 1 fully saturated rings. The zero-order chi connectivity index (χ0) is 15.9. The molecule has 1 amide bonds. The Balaban J connectivity index is 1.95. The van der Waals surface area contributed by atoms with E-state index in [4.69, 9.17) is 0 Å². The lowest BCUT2D eigenvalue weighted by Gasteiger charge is -2.31. The van der Waals surface area contributed by atoms with Gasteiger partial charge >= 0.3 is 0 Å². The largest absolute Gasteiger partial charge is 0.357 e. The Labute approximate surface area is 140 Å². The molecular formula is C16H23BrN4O. The molecule has 1 unspecified atom stereocenters. The molecule has 2 rings (SSSR count).